The van der Waals surface area contributed by atoms with Gasteiger partial charge in [0.25, 0.3) is 11.5 Å². The lowest BCUT2D eigenvalue weighted by molar-refractivity contribution is 0.0336. The van der Waals surface area contributed by atoms with Gasteiger partial charge in [-0.2, -0.15) is 5.10 Å². The van der Waals surface area contributed by atoms with Crippen molar-refractivity contribution in [3.8, 4) is 0 Å². The highest BCUT2D eigenvalue weighted by Gasteiger charge is 2.31. The normalized spacial score (nSPS) is 15.9. The SMILES string of the molecule is Cc1n[nH]c2ccc(C(=O)N(C)[C@@H]3COCc4[nH]c(=O)c5cc(F)c(F)cc5c43)cc12. The fraction of sp³-hybridized carbons (Fsp3) is 0.227. The molecule has 3 heterocycles. The van der Waals surface area contributed by atoms with Gasteiger partial charge in [-0.3, -0.25) is 14.7 Å². The molecule has 2 aromatic heterocycles. The lowest BCUT2D eigenvalue weighted by Crippen LogP contribution is -2.37. The van der Waals surface area contributed by atoms with E-state index in [-0.39, 0.29) is 29.9 Å². The van der Waals surface area contributed by atoms with Gasteiger partial charge in [0.1, 0.15) is 0 Å². The number of hydrogen-bond acceptors (Lipinski definition) is 4. The first kappa shape index (κ1) is 19.4. The molecule has 4 aromatic rings. The maximum Gasteiger partial charge on any atom is 0.256 e. The van der Waals surface area contributed by atoms with Gasteiger partial charge in [-0.1, -0.05) is 0 Å². The minimum Gasteiger partial charge on any atom is -0.373 e. The zero-order valence-electron chi connectivity index (χ0n) is 16.8. The molecule has 9 heteroatoms. The summed E-state index contributed by atoms with van der Waals surface area (Å²) in [7, 11) is 1.62. The van der Waals surface area contributed by atoms with Gasteiger partial charge in [-0.15, -0.1) is 0 Å². The van der Waals surface area contributed by atoms with Crippen LogP contribution in [-0.2, 0) is 11.3 Å². The molecule has 5 rings (SSSR count). The molecule has 1 aliphatic heterocycles. The molecule has 0 aliphatic carbocycles. The summed E-state index contributed by atoms with van der Waals surface area (Å²) in [5.74, 6) is -2.43. The van der Waals surface area contributed by atoms with Gasteiger partial charge in [0.2, 0.25) is 0 Å². The van der Waals surface area contributed by atoms with E-state index in [4.69, 9.17) is 4.74 Å². The fourth-order valence-corrected chi connectivity index (χ4v) is 4.17. The fourth-order valence-electron chi connectivity index (χ4n) is 4.17. The molecule has 0 fully saturated rings. The van der Waals surface area contributed by atoms with Crippen LogP contribution in [0.25, 0.3) is 21.7 Å². The van der Waals surface area contributed by atoms with Crippen LogP contribution in [0.3, 0.4) is 0 Å². The number of aryl methyl sites for hydroxylation is 1. The average Bonchev–Trinajstić information content (AvgIpc) is 3.14. The maximum atomic E-state index is 14.0. The van der Waals surface area contributed by atoms with E-state index in [1.165, 1.54) is 4.90 Å². The molecule has 0 radical (unpaired) electrons. The largest absolute Gasteiger partial charge is 0.373 e. The second-order valence-electron chi connectivity index (χ2n) is 7.67. The number of likely N-dealkylation sites (N-methyl/N-ethyl adjacent to an activating group) is 1. The standard InChI is InChI=1S/C22H18F2N4O3/c1-10-12-5-11(3-4-17(12)27-26-10)22(30)28(2)19-9-31-8-18-20(19)13-6-15(23)16(24)7-14(13)21(29)25-18/h3-7,19H,8-9H2,1-2H3,(H,25,29)(H,26,27)/t19-/m1/s1. The van der Waals surface area contributed by atoms with E-state index in [1.54, 1.807) is 25.2 Å². The Morgan fingerprint density at radius 2 is 1.90 bits per heavy atom. The molecule has 0 saturated carbocycles. The lowest BCUT2D eigenvalue weighted by Gasteiger charge is -2.34. The van der Waals surface area contributed by atoms with Crippen LogP contribution >= 0.6 is 0 Å². The first-order valence-corrected chi connectivity index (χ1v) is 9.68. The summed E-state index contributed by atoms with van der Waals surface area (Å²) in [6, 6.07) is 6.54. The van der Waals surface area contributed by atoms with Crippen LogP contribution in [0.4, 0.5) is 8.78 Å². The van der Waals surface area contributed by atoms with E-state index >= 15 is 0 Å². The van der Waals surface area contributed by atoms with Crippen molar-refractivity contribution in [2.24, 2.45) is 0 Å². The number of hydrogen-bond donors (Lipinski definition) is 2. The highest BCUT2D eigenvalue weighted by atomic mass is 19.2. The maximum absolute atomic E-state index is 14.0. The number of carbonyl (C=O) groups is 1. The molecule has 0 bridgehead atoms. The van der Waals surface area contributed by atoms with E-state index in [0.29, 0.717) is 16.8 Å². The molecule has 7 nitrogen and oxygen atoms in total. The van der Waals surface area contributed by atoms with Crippen LogP contribution in [0.1, 0.15) is 33.4 Å². The Morgan fingerprint density at radius 3 is 2.68 bits per heavy atom. The third-order valence-electron chi connectivity index (χ3n) is 5.83. The Kier molecular flexibility index (Phi) is 4.37. The van der Waals surface area contributed by atoms with Gasteiger partial charge < -0.3 is 14.6 Å². The van der Waals surface area contributed by atoms with Crippen molar-refractivity contribution in [3.05, 3.63) is 74.8 Å². The first-order valence-electron chi connectivity index (χ1n) is 9.68. The Balaban J connectivity index is 1.62. The Hall–Kier alpha value is -3.59. The number of benzene rings is 2. The van der Waals surface area contributed by atoms with E-state index in [2.05, 4.69) is 15.2 Å². The summed E-state index contributed by atoms with van der Waals surface area (Å²) in [5, 5.41) is 8.19. The minimum absolute atomic E-state index is 0.0286. The molecule has 1 atom stereocenters. The first-order chi connectivity index (χ1) is 14.8. The van der Waals surface area contributed by atoms with Crippen molar-refractivity contribution in [3.63, 3.8) is 0 Å². The smallest absolute Gasteiger partial charge is 0.256 e. The number of pyridine rings is 1. The molecule has 2 N–H and O–H groups in total. The molecule has 1 amide bonds. The number of nitrogens with zero attached hydrogens (tertiary/aromatic N) is 2. The van der Waals surface area contributed by atoms with Gasteiger partial charge in [0.05, 0.1) is 35.9 Å². The monoisotopic (exact) mass is 424 g/mol. The Morgan fingerprint density at radius 1 is 1.16 bits per heavy atom. The van der Waals surface area contributed by atoms with Crippen LogP contribution in [-0.4, -0.2) is 39.6 Å². The highest BCUT2D eigenvalue weighted by Crippen LogP contribution is 2.34. The Labute approximate surface area is 174 Å². The van der Waals surface area contributed by atoms with Crippen molar-refractivity contribution in [2.75, 3.05) is 13.7 Å². The number of amides is 1. The van der Waals surface area contributed by atoms with Crippen LogP contribution in [0, 0.1) is 18.6 Å². The number of aromatic nitrogens is 3. The van der Waals surface area contributed by atoms with Gasteiger partial charge in [0, 0.05) is 29.3 Å². The van der Waals surface area contributed by atoms with E-state index in [9.17, 15) is 18.4 Å². The summed E-state index contributed by atoms with van der Waals surface area (Å²) in [6.07, 6.45) is 0. The van der Waals surface area contributed by atoms with Crippen LogP contribution in [0.15, 0.2) is 35.1 Å². The number of nitrogens with one attached hydrogen (secondary N) is 2. The number of ether oxygens (including phenoxy) is 1. The minimum atomic E-state index is -1.10. The summed E-state index contributed by atoms with van der Waals surface area (Å²) in [5.41, 5.74) is 2.52. The van der Waals surface area contributed by atoms with Crippen molar-refractivity contribution in [1.29, 1.82) is 0 Å². The zero-order chi connectivity index (χ0) is 21.9. The molecule has 2 aromatic carbocycles. The second-order valence-corrected chi connectivity index (χ2v) is 7.67. The Bertz CT molecular complexity index is 1430. The summed E-state index contributed by atoms with van der Waals surface area (Å²) < 4.78 is 33.4. The van der Waals surface area contributed by atoms with E-state index in [1.807, 2.05) is 6.92 Å². The third-order valence-corrected chi connectivity index (χ3v) is 5.83. The van der Waals surface area contributed by atoms with Crippen molar-refractivity contribution < 1.29 is 18.3 Å². The predicted molar refractivity (Wildman–Crippen MR) is 110 cm³/mol. The molecular formula is C22H18F2N4O3. The number of fused-ring (bicyclic) bond motifs is 4. The average molecular weight is 424 g/mol. The van der Waals surface area contributed by atoms with Crippen molar-refractivity contribution in [1.82, 2.24) is 20.1 Å². The van der Waals surface area contributed by atoms with Gasteiger partial charge in [-0.25, -0.2) is 8.78 Å². The van der Waals surface area contributed by atoms with Gasteiger partial charge >= 0.3 is 0 Å². The number of halogens is 2. The lowest BCUT2D eigenvalue weighted by atomic mass is 9.95. The molecule has 158 valence electrons. The molecule has 0 unspecified atom stereocenters. The second kappa shape index (κ2) is 6.98. The number of H-pyrrole nitrogens is 2. The van der Waals surface area contributed by atoms with E-state index in [0.717, 1.165) is 28.7 Å². The van der Waals surface area contributed by atoms with Gasteiger partial charge in [0.15, 0.2) is 11.6 Å². The number of carbonyl (C=O) groups excluding carboxylic acids is 1. The van der Waals surface area contributed by atoms with Crippen LogP contribution in [0.2, 0.25) is 0 Å². The molecule has 31 heavy (non-hydrogen) atoms. The van der Waals surface area contributed by atoms with Crippen LogP contribution in [0.5, 0.6) is 0 Å². The topological polar surface area (TPSA) is 91.1 Å². The third kappa shape index (κ3) is 3.00. The van der Waals surface area contributed by atoms with Crippen molar-refractivity contribution >= 4 is 27.6 Å². The van der Waals surface area contributed by atoms with E-state index < -0.39 is 23.2 Å². The molecule has 0 spiro atoms. The molecular weight excluding hydrogens is 406 g/mol. The summed E-state index contributed by atoms with van der Waals surface area (Å²) in [4.78, 5) is 29.9. The molecule has 0 saturated heterocycles. The van der Waals surface area contributed by atoms with Crippen molar-refractivity contribution in [2.45, 2.75) is 19.6 Å². The summed E-state index contributed by atoms with van der Waals surface area (Å²) >= 11 is 0. The quantitative estimate of drug-likeness (QED) is 0.516. The zero-order valence-corrected chi connectivity index (χ0v) is 16.8. The number of aromatic amines is 2. The highest BCUT2D eigenvalue weighted by molar-refractivity contribution is 5.99. The summed E-state index contributed by atoms with van der Waals surface area (Å²) in [6.45, 7) is 2.11. The molecule has 1 aliphatic rings. The number of rotatable bonds is 2. The predicted octanol–water partition coefficient (Wildman–Crippen LogP) is 3.33. The van der Waals surface area contributed by atoms with Gasteiger partial charge in [-0.05, 0) is 42.6 Å². The van der Waals surface area contributed by atoms with Crippen LogP contribution < -0.4 is 5.56 Å².